The molecular weight excluding hydrogens is 254 g/mol. The standard InChI is InChI=1S/C15H23N3O2/c1-3-15-18-13-9-11(6-7-14(13)20-15)17-12(10-19-2)5-4-8-16/h6-7,9,12,17H,3-5,8,10,16H2,1-2H3. The number of aryl methyl sites for hydroxylation is 1. The molecule has 0 radical (unpaired) electrons. The molecule has 0 amide bonds. The number of rotatable bonds is 8. The van der Waals surface area contributed by atoms with Crippen molar-refractivity contribution in [1.82, 2.24) is 4.98 Å². The lowest BCUT2D eigenvalue weighted by Gasteiger charge is -2.18. The number of aromatic nitrogens is 1. The van der Waals surface area contributed by atoms with Crippen LogP contribution in [0.25, 0.3) is 11.1 Å². The number of hydrogen-bond donors (Lipinski definition) is 2. The van der Waals surface area contributed by atoms with E-state index < -0.39 is 0 Å². The second-order valence-corrected chi connectivity index (χ2v) is 4.87. The number of ether oxygens (including phenoxy) is 1. The molecule has 0 saturated carbocycles. The van der Waals surface area contributed by atoms with Gasteiger partial charge in [0.25, 0.3) is 0 Å². The summed E-state index contributed by atoms with van der Waals surface area (Å²) in [5.74, 6) is 0.772. The second kappa shape index (κ2) is 7.26. The number of methoxy groups -OCH3 is 1. The molecule has 0 aliphatic carbocycles. The summed E-state index contributed by atoms with van der Waals surface area (Å²) in [5.41, 5.74) is 8.32. The molecule has 3 N–H and O–H groups in total. The summed E-state index contributed by atoms with van der Waals surface area (Å²) in [6.07, 6.45) is 2.77. The van der Waals surface area contributed by atoms with E-state index in [1.54, 1.807) is 7.11 Å². The average molecular weight is 277 g/mol. The van der Waals surface area contributed by atoms with Crippen LogP contribution in [0.4, 0.5) is 5.69 Å². The van der Waals surface area contributed by atoms with E-state index in [0.29, 0.717) is 13.2 Å². The van der Waals surface area contributed by atoms with Gasteiger partial charge in [0.1, 0.15) is 5.52 Å². The molecule has 1 aromatic heterocycles. The fourth-order valence-corrected chi connectivity index (χ4v) is 2.21. The molecule has 2 aromatic rings. The molecule has 20 heavy (non-hydrogen) atoms. The Labute approximate surface area is 119 Å². The number of fused-ring (bicyclic) bond motifs is 1. The molecule has 0 aliphatic heterocycles. The zero-order valence-electron chi connectivity index (χ0n) is 12.2. The highest BCUT2D eigenvalue weighted by Crippen LogP contribution is 2.21. The smallest absolute Gasteiger partial charge is 0.195 e. The van der Waals surface area contributed by atoms with Gasteiger partial charge < -0.3 is 20.2 Å². The first-order valence-corrected chi connectivity index (χ1v) is 7.11. The van der Waals surface area contributed by atoms with Crippen LogP contribution in [0.5, 0.6) is 0 Å². The Hall–Kier alpha value is -1.59. The number of anilines is 1. The molecule has 1 heterocycles. The van der Waals surface area contributed by atoms with Gasteiger partial charge in [0, 0.05) is 25.3 Å². The minimum absolute atomic E-state index is 0.263. The molecule has 0 aliphatic rings. The maximum absolute atomic E-state index is 5.61. The molecule has 0 fully saturated rings. The van der Waals surface area contributed by atoms with Gasteiger partial charge in [-0.15, -0.1) is 0 Å². The Kier molecular flexibility index (Phi) is 5.38. The van der Waals surface area contributed by atoms with Gasteiger partial charge in [-0.1, -0.05) is 6.92 Å². The summed E-state index contributed by atoms with van der Waals surface area (Å²) < 4.78 is 10.9. The fourth-order valence-electron chi connectivity index (χ4n) is 2.21. The lowest BCUT2D eigenvalue weighted by Crippen LogP contribution is -2.25. The quantitative estimate of drug-likeness (QED) is 0.775. The Bertz CT molecular complexity index is 539. The first-order chi connectivity index (χ1) is 9.76. The van der Waals surface area contributed by atoms with Crippen molar-refractivity contribution in [3.05, 3.63) is 24.1 Å². The Morgan fingerprint density at radius 2 is 2.30 bits per heavy atom. The third-order valence-electron chi connectivity index (χ3n) is 3.23. The van der Waals surface area contributed by atoms with Crippen LogP contribution in [0, 0.1) is 0 Å². The van der Waals surface area contributed by atoms with Gasteiger partial charge in [0.05, 0.1) is 6.61 Å². The lowest BCUT2D eigenvalue weighted by atomic mass is 10.1. The van der Waals surface area contributed by atoms with E-state index in [1.165, 1.54) is 0 Å². The highest BCUT2D eigenvalue weighted by Gasteiger charge is 2.10. The summed E-state index contributed by atoms with van der Waals surface area (Å²) in [4.78, 5) is 4.45. The minimum atomic E-state index is 0.263. The number of oxazole rings is 1. The summed E-state index contributed by atoms with van der Waals surface area (Å²) in [6.45, 7) is 3.40. The van der Waals surface area contributed by atoms with E-state index >= 15 is 0 Å². The molecule has 1 unspecified atom stereocenters. The monoisotopic (exact) mass is 277 g/mol. The predicted octanol–water partition coefficient (Wildman–Crippen LogP) is 2.56. The molecule has 2 rings (SSSR count). The first kappa shape index (κ1) is 14.8. The molecule has 0 bridgehead atoms. The van der Waals surface area contributed by atoms with E-state index in [-0.39, 0.29) is 6.04 Å². The van der Waals surface area contributed by atoms with E-state index in [2.05, 4.69) is 10.3 Å². The van der Waals surface area contributed by atoms with Gasteiger partial charge in [-0.3, -0.25) is 0 Å². The summed E-state index contributed by atoms with van der Waals surface area (Å²) in [6, 6.07) is 6.25. The number of nitrogens with one attached hydrogen (secondary N) is 1. The Balaban J connectivity index is 2.10. The number of nitrogens with two attached hydrogens (primary N) is 1. The van der Waals surface area contributed by atoms with Gasteiger partial charge in [-0.25, -0.2) is 4.98 Å². The fraction of sp³-hybridized carbons (Fsp3) is 0.533. The largest absolute Gasteiger partial charge is 0.441 e. The number of benzene rings is 1. The SMILES string of the molecule is CCc1nc2cc(NC(CCCN)COC)ccc2o1. The third-order valence-corrected chi connectivity index (χ3v) is 3.23. The lowest BCUT2D eigenvalue weighted by molar-refractivity contribution is 0.182. The van der Waals surface area contributed by atoms with Crippen LogP contribution in [0.1, 0.15) is 25.7 Å². The molecule has 110 valence electrons. The van der Waals surface area contributed by atoms with Crippen LogP contribution in [0.3, 0.4) is 0 Å². The van der Waals surface area contributed by atoms with Crippen molar-refractivity contribution in [1.29, 1.82) is 0 Å². The van der Waals surface area contributed by atoms with E-state index in [4.69, 9.17) is 14.9 Å². The minimum Gasteiger partial charge on any atom is -0.441 e. The van der Waals surface area contributed by atoms with Crippen molar-refractivity contribution in [2.75, 3.05) is 25.6 Å². The van der Waals surface area contributed by atoms with E-state index in [0.717, 1.165) is 41.9 Å². The molecule has 5 nitrogen and oxygen atoms in total. The molecule has 0 saturated heterocycles. The summed E-state index contributed by atoms with van der Waals surface area (Å²) in [5, 5.41) is 3.47. The molecule has 1 atom stereocenters. The highest BCUT2D eigenvalue weighted by atomic mass is 16.5. The van der Waals surface area contributed by atoms with Crippen molar-refractivity contribution in [3.63, 3.8) is 0 Å². The van der Waals surface area contributed by atoms with Gasteiger partial charge in [0.15, 0.2) is 11.5 Å². The second-order valence-electron chi connectivity index (χ2n) is 4.87. The van der Waals surface area contributed by atoms with Crippen molar-refractivity contribution in [2.45, 2.75) is 32.2 Å². The highest BCUT2D eigenvalue weighted by molar-refractivity contribution is 5.77. The van der Waals surface area contributed by atoms with Gasteiger partial charge in [0.2, 0.25) is 0 Å². The van der Waals surface area contributed by atoms with Crippen molar-refractivity contribution >= 4 is 16.8 Å². The average Bonchev–Trinajstić information content (AvgIpc) is 2.87. The van der Waals surface area contributed by atoms with Gasteiger partial charge >= 0.3 is 0 Å². The van der Waals surface area contributed by atoms with Crippen LogP contribution in [-0.4, -0.2) is 31.3 Å². The van der Waals surface area contributed by atoms with Gasteiger partial charge in [-0.2, -0.15) is 0 Å². The predicted molar refractivity (Wildman–Crippen MR) is 81.0 cm³/mol. The summed E-state index contributed by atoms with van der Waals surface area (Å²) in [7, 11) is 1.71. The van der Waals surface area contributed by atoms with Crippen LogP contribution < -0.4 is 11.1 Å². The van der Waals surface area contributed by atoms with Crippen molar-refractivity contribution in [3.8, 4) is 0 Å². The summed E-state index contributed by atoms with van der Waals surface area (Å²) >= 11 is 0. The first-order valence-electron chi connectivity index (χ1n) is 7.11. The van der Waals surface area contributed by atoms with Crippen LogP contribution >= 0.6 is 0 Å². The van der Waals surface area contributed by atoms with Crippen molar-refractivity contribution < 1.29 is 9.15 Å². The molecule has 1 aromatic carbocycles. The topological polar surface area (TPSA) is 73.3 Å². The molecule has 0 spiro atoms. The molecule has 5 heteroatoms. The third kappa shape index (κ3) is 3.71. The maximum Gasteiger partial charge on any atom is 0.195 e. The van der Waals surface area contributed by atoms with Crippen LogP contribution in [0.2, 0.25) is 0 Å². The van der Waals surface area contributed by atoms with Crippen molar-refractivity contribution in [2.24, 2.45) is 5.73 Å². The number of hydrogen-bond acceptors (Lipinski definition) is 5. The zero-order chi connectivity index (χ0) is 14.4. The Morgan fingerprint density at radius 1 is 1.45 bits per heavy atom. The maximum atomic E-state index is 5.61. The van der Waals surface area contributed by atoms with Crippen LogP contribution in [0.15, 0.2) is 22.6 Å². The van der Waals surface area contributed by atoms with E-state index in [9.17, 15) is 0 Å². The normalized spacial score (nSPS) is 12.8. The zero-order valence-corrected chi connectivity index (χ0v) is 12.2. The van der Waals surface area contributed by atoms with Crippen LogP contribution in [-0.2, 0) is 11.2 Å². The van der Waals surface area contributed by atoms with Gasteiger partial charge in [-0.05, 0) is 37.6 Å². The molecular formula is C15H23N3O2. The van der Waals surface area contributed by atoms with E-state index in [1.807, 2.05) is 25.1 Å². The number of nitrogens with zero attached hydrogens (tertiary/aromatic N) is 1. The Morgan fingerprint density at radius 3 is 3.00 bits per heavy atom.